The van der Waals surface area contributed by atoms with Crippen LogP contribution in [0.4, 0.5) is 11.6 Å². The van der Waals surface area contributed by atoms with E-state index >= 15 is 0 Å². The van der Waals surface area contributed by atoms with Crippen molar-refractivity contribution in [3.63, 3.8) is 0 Å². The van der Waals surface area contributed by atoms with Crippen LogP contribution < -0.4 is 4.90 Å². The standard InChI is InChI=1S/C23H23N7O4/c1-15-13-27(11-12-28(15)22(31)16-7-9-17(10-8-16)30(32)33)23-24-19-6-4-3-5-18(19)21-26-25-20(14-34-2)29(21)23/h3-10,15H,11-14H2,1-2H3. The van der Waals surface area contributed by atoms with E-state index < -0.39 is 4.92 Å². The molecule has 0 bridgehead atoms. The first kappa shape index (κ1) is 21.7. The average molecular weight is 461 g/mol. The summed E-state index contributed by atoms with van der Waals surface area (Å²) >= 11 is 0. The van der Waals surface area contributed by atoms with Gasteiger partial charge in [0.25, 0.3) is 11.6 Å². The van der Waals surface area contributed by atoms with E-state index in [0.29, 0.717) is 49.2 Å². The van der Waals surface area contributed by atoms with Crippen LogP contribution in [0.15, 0.2) is 48.5 Å². The maximum Gasteiger partial charge on any atom is 0.269 e. The molecule has 5 rings (SSSR count). The number of amides is 1. The summed E-state index contributed by atoms with van der Waals surface area (Å²) in [6, 6.07) is 13.4. The van der Waals surface area contributed by atoms with E-state index in [1.54, 1.807) is 12.0 Å². The van der Waals surface area contributed by atoms with Crippen LogP contribution >= 0.6 is 0 Å². The second-order valence-electron chi connectivity index (χ2n) is 8.23. The van der Waals surface area contributed by atoms with Crippen LogP contribution in [0.5, 0.6) is 0 Å². The summed E-state index contributed by atoms with van der Waals surface area (Å²) in [6.45, 7) is 3.88. The number of carbonyl (C=O) groups excluding carboxylic acids is 1. The summed E-state index contributed by atoms with van der Waals surface area (Å²) in [5.74, 6) is 1.21. The van der Waals surface area contributed by atoms with E-state index in [9.17, 15) is 14.9 Å². The minimum Gasteiger partial charge on any atom is -0.377 e. The second kappa shape index (κ2) is 8.67. The predicted molar refractivity (Wildman–Crippen MR) is 125 cm³/mol. The number of hydrogen-bond acceptors (Lipinski definition) is 8. The highest BCUT2D eigenvalue weighted by molar-refractivity contribution is 5.95. The molecule has 0 aliphatic carbocycles. The molecule has 174 valence electrons. The maximum absolute atomic E-state index is 13.1. The van der Waals surface area contributed by atoms with Crippen LogP contribution in [0.1, 0.15) is 23.1 Å². The first-order valence-corrected chi connectivity index (χ1v) is 10.9. The molecular weight excluding hydrogens is 438 g/mol. The van der Waals surface area contributed by atoms with Gasteiger partial charge in [-0.2, -0.15) is 0 Å². The number of non-ortho nitro benzene ring substituents is 1. The van der Waals surface area contributed by atoms with Crippen LogP contribution in [-0.4, -0.2) is 68.1 Å². The van der Waals surface area contributed by atoms with E-state index in [4.69, 9.17) is 9.72 Å². The third-order valence-electron chi connectivity index (χ3n) is 6.07. The lowest BCUT2D eigenvalue weighted by atomic mass is 10.1. The number of aromatic nitrogens is 4. The molecule has 3 heterocycles. The van der Waals surface area contributed by atoms with Crippen molar-refractivity contribution in [2.45, 2.75) is 19.6 Å². The van der Waals surface area contributed by atoms with E-state index in [1.807, 2.05) is 35.6 Å². The Bertz CT molecular complexity index is 1390. The molecule has 34 heavy (non-hydrogen) atoms. The number of nitro groups is 1. The summed E-state index contributed by atoms with van der Waals surface area (Å²) in [7, 11) is 1.61. The highest BCUT2D eigenvalue weighted by Crippen LogP contribution is 2.26. The van der Waals surface area contributed by atoms with Crippen LogP contribution in [0.2, 0.25) is 0 Å². The van der Waals surface area contributed by atoms with Crippen LogP contribution in [-0.2, 0) is 11.3 Å². The molecule has 0 N–H and O–H groups in total. The monoisotopic (exact) mass is 461 g/mol. The molecule has 4 aromatic rings. The molecule has 1 saturated heterocycles. The number of methoxy groups -OCH3 is 1. The Kier molecular flexibility index (Phi) is 5.54. The van der Waals surface area contributed by atoms with E-state index in [0.717, 1.165) is 10.9 Å². The summed E-state index contributed by atoms with van der Waals surface area (Å²) in [4.78, 5) is 32.4. The number of nitro benzene ring substituents is 1. The lowest BCUT2D eigenvalue weighted by molar-refractivity contribution is -0.384. The third-order valence-corrected chi connectivity index (χ3v) is 6.07. The van der Waals surface area contributed by atoms with Crippen molar-refractivity contribution >= 4 is 34.1 Å². The lowest BCUT2D eigenvalue weighted by Crippen LogP contribution is -2.54. The third kappa shape index (κ3) is 3.69. The molecule has 1 aliphatic rings. The number of carbonyl (C=O) groups is 1. The number of nitrogens with zero attached hydrogens (tertiary/aromatic N) is 7. The molecule has 1 atom stereocenters. The number of rotatable bonds is 5. The Morgan fingerprint density at radius 3 is 2.62 bits per heavy atom. The summed E-state index contributed by atoms with van der Waals surface area (Å²) in [5, 5.41) is 20.5. The first-order chi connectivity index (χ1) is 16.5. The van der Waals surface area contributed by atoms with E-state index in [-0.39, 0.29) is 17.6 Å². The van der Waals surface area contributed by atoms with Gasteiger partial charge in [0.1, 0.15) is 6.61 Å². The SMILES string of the molecule is COCc1nnc2c3ccccc3nc(N3CCN(C(=O)c4ccc([N+](=O)[O-])cc4)C(C)C3)n12. The van der Waals surface area contributed by atoms with Gasteiger partial charge in [0.05, 0.1) is 10.4 Å². The number of hydrogen-bond donors (Lipinski definition) is 0. The molecule has 1 amide bonds. The van der Waals surface area contributed by atoms with Crippen LogP contribution in [0, 0.1) is 10.1 Å². The normalized spacial score (nSPS) is 16.4. The molecule has 1 aliphatic heterocycles. The van der Waals surface area contributed by atoms with Gasteiger partial charge in [-0.05, 0) is 31.2 Å². The molecule has 0 radical (unpaired) electrons. The number of anilines is 1. The molecule has 11 nitrogen and oxygen atoms in total. The van der Waals surface area contributed by atoms with Gasteiger partial charge in [0.15, 0.2) is 11.5 Å². The fourth-order valence-electron chi connectivity index (χ4n) is 4.39. The zero-order chi connectivity index (χ0) is 23.8. The van der Waals surface area contributed by atoms with E-state index in [2.05, 4.69) is 15.1 Å². The van der Waals surface area contributed by atoms with Crippen molar-refractivity contribution in [3.05, 3.63) is 70.0 Å². The molecule has 1 fully saturated rings. The second-order valence-corrected chi connectivity index (χ2v) is 8.23. The molecule has 2 aromatic carbocycles. The highest BCUT2D eigenvalue weighted by Gasteiger charge is 2.31. The predicted octanol–water partition coefficient (Wildman–Crippen LogP) is 2.68. The van der Waals surface area contributed by atoms with Gasteiger partial charge in [-0.25, -0.2) is 9.38 Å². The Morgan fingerprint density at radius 1 is 1.15 bits per heavy atom. The first-order valence-electron chi connectivity index (χ1n) is 10.9. The van der Waals surface area contributed by atoms with Crippen molar-refractivity contribution < 1.29 is 14.5 Å². The number of benzene rings is 2. The van der Waals surface area contributed by atoms with Gasteiger partial charge in [0, 0.05) is 55.9 Å². The zero-order valence-corrected chi connectivity index (χ0v) is 18.8. The topological polar surface area (TPSA) is 119 Å². The number of fused-ring (bicyclic) bond motifs is 3. The largest absolute Gasteiger partial charge is 0.377 e. The minimum absolute atomic E-state index is 0.0402. The molecule has 0 spiro atoms. The van der Waals surface area contributed by atoms with Crippen LogP contribution in [0.25, 0.3) is 16.6 Å². The Balaban J connectivity index is 1.45. The van der Waals surface area contributed by atoms with Crippen molar-refractivity contribution in [3.8, 4) is 0 Å². The summed E-state index contributed by atoms with van der Waals surface area (Å²) in [6.07, 6.45) is 0. The molecule has 11 heteroatoms. The number of para-hydroxylation sites is 1. The van der Waals surface area contributed by atoms with Crippen molar-refractivity contribution in [1.29, 1.82) is 0 Å². The lowest BCUT2D eigenvalue weighted by Gasteiger charge is -2.40. The average Bonchev–Trinajstić information content (AvgIpc) is 3.27. The van der Waals surface area contributed by atoms with Gasteiger partial charge in [-0.3, -0.25) is 14.9 Å². The van der Waals surface area contributed by atoms with E-state index in [1.165, 1.54) is 24.3 Å². The van der Waals surface area contributed by atoms with Crippen molar-refractivity contribution in [2.24, 2.45) is 0 Å². The highest BCUT2D eigenvalue weighted by atomic mass is 16.6. The maximum atomic E-state index is 13.1. The fraction of sp³-hybridized carbons (Fsp3) is 0.304. The van der Waals surface area contributed by atoms with Gasteiger partial charge in [-0.1, -0.05) is 12.1 Å². The summed E-state index contributed by atoms with van der Waals surface area (Å²) in [5.41, 5.74) is 1.92. The van der Waals surface area contributed by atoms with Gasteiger partial charge in [0.2, 0.25) is 5.95 Å². The zero-order valence-electron chi connectivity index (χ0n) is 18.8. The van der Waals surface area contributed by atoms with Gasteiger partial charge < -0.3 is 14.5 Å². The Labute approximate surface area is 194 Å². The molecule has 1 unspecified atom stereocenters. The Morgan fingerprint density at radius 2 is 1.91 bits per heavy atom. The molecule has 0 saturated carbocycles. The molecular formula is C23H23N7O4. The van der Waals surface area contributed by atoms with Gasteiger partial charge in [-0.15, -0.1) is 10.2 Å². The van der Waals surface area contributed by atoms with Crippen molar-refractivity contribution in [1.82, 2.24) is 24.5 Å². The van der Waals surface area contributed by atoms with Crippen LogP contribution in [0.3, 0.4) is 0 Å². The molecule has 2 aromatic heterocycles. The summed E-state index contributed by atoms with van der Waals surface area (Å²) < 4.78 is 7.25. The fourth-order valence-corrected chi connectivity index (χ4v) is 4.39. The quantitative estimate of drug-likeness (QED) is 0.329. The minimum atomic E-state index is -0.476. The number of piperazine rings is 1. The van der Waals surface area contributed by atoms with Crippen molar-refractivity contribution in [2.75, 3.05) is 31.6 Å². The number of ether oxygens (including phenoxy) is 1. The Hall–Kier alpha value is -4.12. The van der Waals surface area contributed by atoms with Gasteiger partial charge >= 0.3 is 0 Å². The smallest absolute Gasteiger partial charge is 0.269 e.